The van der Waals surface area contributed by atoms with E-state index < -0.39 is 0 Å². The van der Waals surface area contributed by atoms with Crippen LogP contribution in [0.3, 0.4) is 0 Å². The highest BCUT2D eigenvalue weighted by molar-refractivity contribution is 5.33. The Bertz CT molecular complexity index is 344. The Morgan fingerprint density at radius 2 is 2.29 bits per heavy atom. The van der Waals surface area contributed by atoms with Crippen LogP contribution in [0.5, 0.6) is 0 Å². The number of anilines is 1. The van der Waals surface area contributed by atoms with Gasteiger partial charge >= 0.3 is 0 Å². The largest absolute Gasteiger partial charge is 0.394 e. The van der Waals surface area contributed by atoms with Gasteiger partial charge in [-0.3, -0.25) is 4.79 Å². The summed E-state index contributed by atoms with van der Waals surface area (Å²) in [5.41, 5.74) is 5.60. The molecule has 0 saturated heterocycles. The van der Waals surface area contributed by atoms with Crippen LogP contribution >= 0.6 is 0 Å². The second-order valence-corrected chi connectivity index (χ2v) is 3.38. The van der Waals surface area contributed by atoms with Gasteiger partial charge in [0.2, 0.25) is 0 Å². The normalized spacial score (nSPS) is 10.8. The predicted octanol–water partition coefficient (Wildman–Crippen LogP) is 0.855. The predicted molar refractivity (Wildman–Crippen MR) is 56.2 cm³/mol. The zero-order valence-corrected chi connectivity index (χ0v) is 8.56. The van der Waals surface area contributed by atoms with Gasteiger partial charge in [-0.25, -0.2) is 0 Å². The number of pyridine rings is 1. The summed E-state index contributed by atoms with van der Waals surface area (Å²) in [6.45, 7) is 4.99. The van der Waals surface area contributed by atoms with Gasteiger partial charge in [0.25, 0.3) is 5.56 Å². The lowest BCUT2D eigenvalue weighted by Gasteiger charge is -2.09. The number of hydrogen-bond acceptors (Lipinski definition) is 3. The Balaban J connectivity index is 2.59. The lowest BCUT2D eigenvalue weighted by Crippen LogP contribution is -2.24. The van der Waals surface area contributed by atoms with E-state index >= 15 is 0 Å². The lowest BCUT2D eigenvalue weighted by molar-refractivity contribution is 0.0723. The second kappa shape index (κ2) is 4.81. The molecule has 0 aliphatic heterocycles. The molecule has 14 heavy (non-hydrogen) atoms. The molecule has 4 nitrogen and oxygen atoms in total. The SMILES string of the molecule is CC(C)OCCn1cccc(N)c1=O. The first-order chi connectivity index (χ1) is 6.61. The highest BCUT2D eigenvalue weighted by Crippen LogP contribution is 1.93. The van der Waals surface area contributed by atoms with Gasteiger partial charge in [-0.1, -0.05) is 0 Å². The smallest absolute Gasteiger partial charge is 0.273 e. The first-order valence-corrected chi connectivity index (χ1v) is 4.68. The standard InChI is InChI=1S/C10H16N2O2/c1-8(2)14-7-6-12-5-3-4-9(11)10(12)13/h3-5,8H,6-7,11H2,1-2H3. The molecule has 0 atom stereocenters. The molecule has 0 aliphatic rings. The molecular weight excluding hydrogens is 180 g/mol. The first kappa shape index (κ1) is 10.8. The maximum Gasteiger partial charge on any atom is 0.273 e. The van der Waals surface area contributed by atoms with Gasteiger partial charge in [0.1, 0.15) is 0 Å². The molecular formula is C10H16N2O2. The van der Waals surface area contributed by atoms with Crippen LogP contribution < -0.4 is 11.3 Å². The molecule has 0 amide bonds. The fourth-order valence-corrected chi connectivity index (χ4v) is 1.12. The summed E-state index contributed by atoms with van der Waals surface area (Å²) in [5.74, 6) is 0. The van der Waals surface area contributed by atoms with E-state index in [1.165, 1.54) is 0 Å². The van der Waals surface area contributed by atoms with Crippen molar-refractivity contribution in [1.29, 1.82) is 0 Å². The van der Waals surface area contributed by atoms with Crippen molar-refractivity contribution >= 4 is 5.69 Å². The molecule has 4 heteroatoms. The summed E-state index contributed by atoms with van der Waals surface area (Å²) in [5, 5.41) is 0. The average molecular weight is 196 g/mol. The molecule has 78 valence electrons. The molecule has 0 fully saturated rings. The van der Waals surface area contributed by atoms with E-state index in [2.05, 4.69) is 0 Å². The van der Waals surface area contributed by atoms with Crippen LogP contribution in [0.4, 0.5) is 5.69 Å². The van der Waals surface area contributed by atoms with Crippen LogP contribution in [-0.4, -0.2) is 17.3 Å². The zero-order chi connectivity index (χ0) is 10.6. The zero-order valence-electron chi connectivity index (χ0n) is 8.56. The Kier molecular flexibility index (Phi) is 3.71. The number of nitrogens with zero attached hydrogens (tertiary/aromatic N) is 1. The molecule has 0 unspecified atom stereocenters. The molecule has 1 aromatic heterocycles. The van der Waals surface area contributed by atoms with Gasteiger partial charge in [0.05, 0.1) is 18.4 Å². The van der Waals surface area contributed by atoms with Gasteiger partial charge in [-0.05, 0) is 26.0 Å². The van der Waals surface area contributed by atoms with E-state index in [9.17, 15) is 4.79 Å². The third kappa shape index (κ3) is 2.88. The van der Waals surface area contributed by atoms with Crippen LogP contribution in [0.15, 0.2) is 23.1 Å². The highest BCUT2D eigenvalue weighted by atomic mass is 16.5. The van der Waals surface area contributed by atoms with Crippen LogP contribution in [0.1, 0.15) is 13.8 Å². The van der Waals surface area contributed by atoms with Crippen molar-refractivity contribution in [1.82, 2.24) is 4.57 Å². The van der Waals surface area contributed by atoms with E-state index in [1.807, 2.05) is 13.8 Å². The van der Waals surface area contributed by atoms with Crippen LogP contribution in [0.2, 0.25) is 0 Å². The molecule has 1 aromatic rings. The van der Waals surface area contributed by atoms with Crippen molar-refractivity contribution in [3.8, 4) is 0 Å². The minimum Gasteiger partial charge on any atom is -0.394 e. The van der Waals surface area contributed by atoms with Gasteiger partial charge < -0.3 is 15.0 Å². The minimum atomic E-state index is -0.153. The summed E-state index contributed by atoms with van der Waals surface area (Å²) >= 11 is 0. The van der Waals surface area contributed by atoms with Gasteiger partial charge in [-0.15, -0.1) is 0 Å². The van der Waals surface area contributed by atoms with E-state index in [0.29, 0.717) is 13.2 Å². The fraction of sp³-hybridized carbons (Fsp3) is 0.500. The summed E-state index contributed by atoms with van der Waals surface area (Å²) in [6.07, 6.45) is 1.90. The van der Waals surface area contributed by atoms with Crippen LogP contribution in [-0.2, 0) is 11.3 Å². The number of nitrogen functional groups attached to an aromatic ring is 1. The molecule has 0 bridgehead atoms. The Hall–Kier alpha value is -1.29. The van der Waals surface area contributed by atoms with E-state index in [4.69, 9.17) is 10.5 Å². The maximum absolute atomic E-state index is 11.4. The molecule has 0 radical (unpaired) electrons. The van der Waals surface area contributed by atoms with E-state index in [1.54, 1.807) is 22.9 Å². The van der Waals surface area contributed by atoms with E-state index in [0.717, 1.165) is 0 Å². The summed E-state index contributed by atoms with van der Waals surface area (Å²) in [7, 11) is 0. The summed E-state index contributed by atoms with van der Waals surface area (Å²) < 4.78 is 6.89. The average Bonchev–Trinajstić information content (AvgIpc) is 2.12. The quantitative estimate of drug-likeness (QED) is 0.776. The van der Waals surface area contributed by atoms with Crippen molar-refractivity contribution in [2.45, 2.75) is 26.5 Å². The van der Waals surface area contributed by atoms with Crippen LogP contribution in [0.25, 0.3) is 0 Å². The first-order valence-electron chi connectivity index (χ1n) is 4.68. The maximum atomic E-state index is 11.4. The lowest BCUT2D eigenvalue weighted by atomic mass is 10.4. The number of rotatable bonds is 4. The topological polar surface area (TPSA) is 57.2 Å². The summed E-state index contributed by atoms with van der Waals surface area (Å²) in [4.78, 5) is 11.4. The second-order valence-electron chi connectivity index (χ2n) is 3.38. The third-order valence-corrected chi connectivity index (χ3v) is 1.83. The monoisotopic (exact) mass is 196 g/mol. The molecule has 1 rings (SSSR count). The molecule has 1 heterocycles. The highest BCUT2D eigenvalue weighted by Gasteiger charge is 1.99. The van der Waals surface area contributed by atoms with Crippen LogP contribution in [0, 0.1) is 0 Å². The van der Waals surface area contributed by atoms with Crippen molar-refractivity contribution in [3.63, 3.8) is 0 Å². The van der Waals surface area contributed by atoms with Crippen molar-refractivity contribution in [2.75, 3.05) is 12.3 Å². The Morgan fingerprint density at radius 3 is 2.93 bits per heavy atom. The fourth-order valence-electron chi connectivity index (χ4n) is 1.12. The molecule has 0 aromatic carbocycles. The Labute approximate surface area is 83.3 Å². The van der Waals surface area contributed by atoms with Gasteiger partial charge in [0, 0.05) is 12.7 Å². The van der Waals surface area contributed by atoms with Crippen molar-refractivity contribution in [2.24, 2.45) is 0 Å². The molecule has 0 spiro atoms. The number of aromatic nitrogens is 1. The molecule has 0 aliphatic carbocycles. The van der Waals surface area contributed by atoms with Gasteiger partial charge in [-0.2, -0.15) is 0 Å². The van der Waals surface area contributed by atoms with Gasteiger partial charge in [0.15, 0.2) is 0 Å². The van der Waals surface area contributed by atoms with Crippen molar-refractivity contribution < 1.29 is 4.74 Å². The minimum absolute atomic E-state index is 0.153. The van der Waals surface area contributed by atoms with Crippen molar-refractivity contribution in [3.05, 3.63) is 28.7 Å². The number of ether oxygens (including phenoxy) is 1. The summed E-state index contributed by atoms with van der Waals surface area (Å²) in [6, 6.07) is 3.36. The molecule has 0 saturated carbocycles. The third-order valence-electron chi connectivity index (χ3n) is 1.83. The Morgan fingerprint density at radius 1 is 1.57 bits per heavy atom. The number of hydrogen-bond donors (Lipinski definition) is 1. The number of nitrogens with two attached hydrogens (primary N) is 1. The van der Waals surface area contributed by atoms with E-state index in [-0.39, 0.29) is 17.4 Å². The molecule has 2 N–H and O–H groups in total.